The van der Waals surface area contributed by atoms with E-state index in [0.29, 0.717) is 5.69 Å². The van der Waals surface area contributed by atoms with Crippen LogP contribution in [0.3, 0.4) is 0 Å². The Kier molecular flexibility index (Phi) is 5.49. The van der Waals surface area contributed by atoms with E-state index in [1.54, 1.807) is 0 Å². The van der Waals surface area contributed by atoms with Crippen molar-refractivity contribution in [3.63, 3.8) is 0 Å². The molecule has 0 atom stereocenters. The van der Waals surface area contributed by atoms with Gasteiger partial charge >= 0.3 is 11.8 Å². The molecule has 0 aliphatic carbocycles. The van der Waals surface area contributed by atoms with E-state index >= 15 is 0 Å². The molecule has 102 valence electrons. The fourth-order valence-electron chi connectivity index (χ4n) is 1.21. The van der Waals surface area contributed by atoms with E-state index in [4.69, 9.17) is 10.5 Å². The number of amides is 3. The number of nitrogens with two attached hydrogens (primary N) is 1. The SMILES string of the molecule is COCCNC(=O)C(=O)NC(=O)c1ccc(N)cc1. The number of methoxy groups -OCH3 is 1. The average Bonchev–Trinajstić information content (AvgIpc) is 2.39. The summed E-state index contributed by atoms with van der Waals surface area (Å²) in [4.78, 5) is 34.3. The van der Waals surface area contributed by atoms with Gasteiger partial charge < -0.3 is 15.8 Å². The smallest absolute Gasteiger partial charge is 0.316 e. The molecule has 0 aliphatic rings. The first-order valence-corrected chi connectivity index (χ1v) is 5.52. The lowest BCUT2D eigenvalue weighted by Gasteiger charge is -2.05. The quantitative estimate of drug-likeness (QED) is 0.378. The van der Waals surface area contributed by atoms with Crippen LogP contribution in [0.2, 0.25) is 0 Å². The number of hydrogen-bond donors (Lipinski definition) is 3. The Bertz CT molecular complexity index is 470. The number of ether oxygens (including phenoxy) is 1. The minimum absolute atomic E-state index is 0.193. The number of rotatable bonds is 4. The molecular weight excluding hydrogens is 250 g/mol. The van der Waals surface area contributed by atoms with E-state index in [2.05, 4.69) is 5.32 Å². The Balaban J connectivity index is 2.49. The molecular formula is C12H15N3O4. The molecule has 0 radical (unpaired) electrons. The van der Waals surface area contributed by atoms with Gasteiger partial charge in [0, 0.05) is 24.9 Å². The first-order chi connectivity index (χ1) is 9.04. The molecule has 19 heavy (non-hydrogen) atoms. The maximum absolute atomic E-state index is 11.6. The van der Waals surface area contributed by atoms with Crippen LogP contribution in [-0.4, -0.2) is 38.0 Å². The number of anilines is 1. The fraction of sp³-hybridized carbons (Fsp3) is 0.250. The summed E-state index contributed by atoms with van der Waals surface area (Å²) in [5, 5.41) is 4.27. The van der Waals surface area contributed by atoms with Crippen molar-refractivity contribution in [2.24, 2.45) is 0 Å². The largest absolute Gasteiger partial charge is 0.399 e. The van der Waals surface area contributed by atoms with Gasteiger partial charge in [-0.2, -0.15) is 0 Å². The van der Waals surface area contributed by atoms with E-state index in [9.17, 15) is 14.4 Å². The van der Waals surface area contributed by atoms with E-state index in [-0.39, 0.29) is 18.7 Å². The summed E-state index contributed by atoms with van der Waals surface area (Å²) in [5.41, 5.74) is 6.21. The van der Waals surface area contributed by atoms with Gasteiger partial charge in [-0.25, -0.2) is 0 Å². The second-order valence-electron chi connectivity index (χ2n) is 3.65. The molecule has 7 nitrogen and oxygen atoms in total. The van der Waals surface area contributed by atoms with Crippen LogP contribution in [0.4, 0.5) is 5.69 Å². The maximum atomic E-state index is 11.6. The molecule has 0 saturated heterocycles. The summed E-state index contributed by atoms with van der Waals surface area (Å²) < 4.78 is 4.71. The molecule has 0 aliphatic heterocycles. The monoisotopic (exact) mass is 265 g/mol. The zero-order valence-electron chi connectivity index (χ0n) is 10.4. The molecule has 1 rings (SSSR count). The lowest BCUT2D eigenvalue weighted by Crippen LogP contribution is -2.43. The van der Waals surface area contributed by atoms with Crippen LogP contribution in [-0.2, 0) is 14.3 Å². The Labute approximate surface area is 110 Å². The molecule has 3 amide bonds. The molecule has 1 aromatic carbocycles. The van der Waals surface area contributed by atoms with Crippen LogP contribution in [0.25, 0.3) is 0 Å². The molecule has 0 aromatic heterocycles. The number of carbonyl (C=O) groups is 3. The molecule has 0 saturated carbocycles. The second kappa shape index (κ2) is 7.12. The standard InChI is InChI=1S/C12H15N3O4/c1-19-7-6-14-11(17)12(18)15-10(16)8-2-4-9(13)5-3-8/h2-5H,6-7,13H2,1H3,(H,14,17)(H,15,16,18). The molecule has 7 heteroatoms. The van der Waals surface area contributed by atoms with Crippen LogP contribution in [0.1, 0.15) is 10.4 Å². The van der Waals surface area contributed by atoms with Gasteiger partial charge in [0.15, 0.2) is 0 Å². The summed E-state index contributed by atoms with van der Waals surface area (Å²) in [5.74, 6) is -2.56. The van der Waals surface area contributed by atoms with Gasteiger partial charge in [0.2, 0.25) is 0 Å². The van der Waals surface area contributed by atoms with Gasteiger partial charge in [-0.15, -0.1) is 0 Å². The van der Waals surface area contributed by atoms with E-state index < -0.39 is 17.7 Å². The topological polar surface area (TPSA) is 111 Å². The molecule has 1 aromatic rings. The normalized spacial score (nSPS) is 9.74. The highest BCUT2D eigenvalue weighted by Gasteiger charge is 2.17. The minimum atomic E-state index is -1.02. The molecule has 0 heterocycles. The van der Waals surface area contributed by atoms with Crippen LogP contribution >= 0.6 is 0 Å². The number of imide groups is 1. The Morgan fingerprint density at radius 3 is 2.37 bits per heavy atom. The number of nitrogen functional groups attached to an aromatic ring is 1. The van der Waals surface area contributed by atoms with Gasteiger partial charge in [0.05, 0.1) is 6.61 Å². The Hall–Kier alpha value is -2.41. The van der Waals surface area contributed by atoms with Crippen molar-refractivity contribution in [2.75, 3.05) is 26.0 Å². The number of hydrogen-bond acceptors (Lipinski definition) is 5. The lowest BCUT2D eigenvalue weighted by molar-refractivity contribution is -0.138. The minimum Gasteiger partial charge on any atom is -0.399 e. The maximum Gasteiger partial charge on any atom is 0.316 e. The van der Waals surface area contributed by atoms with Crippen LogP contribution in [0.15, 0.2) is 24.3 Å². The summed E-state index contributed by atoms with van der Waals surface area (Å²) in [6, 6.07) is 5.97. The summed E-state index contributed by atoms with van der Waals surface area (Å²) >= 11 is 0. The molecule has 0 unspecified atom stereocenters. The number of benzene rings is 1. The third-order valence-corrected chi connectivity index (χ3v) is 2.20. The lowest BCUT2D eigenvalue weighted by atomic mass is 10.2. The van der Waals surface area contributed by atoms with Crippen LogP contribution in [0, 0.1) is 0 Å². The Morgan fingerprint density at radius 1 is 1.16 bits per heavy atom. The molecule has 0 bridgehead atoms. The third kappa shape index (κ3) is 4.76. The fourth-order valence-corrected chi connectivity index (χ4v) is 1.21. The van der Waals surface area contributed by atoms with E-state index in [0.717, 1.165) is 0 Å². The predicted octanol–water partition coefficient (Wildman–Crippen LogP) is -0.712. The van der Waals surface area contributed by atoms with Crippen molar-refractivity contribution in [1.29, 1.82) is 0 Å². The predicted molar refractivity (Wildman–Crippen MR) is 68.2 cm³/mol. The first-order valence-electron chi connectivity index (χ1n) is 5.52. The zero-order valence-corrected chi connectivity index (χ0v) is 10.4. The van der Waals surface area contributed by atoms with E-state index in [1.807, 2.05) is 5.32 Å². The van der Waals surface area contributed by atoms with Crippen LogP contribution in [0.5, 0.6) is 0 Å². The second-order valence-corrected chi connectivity index (χ2v) is 3.65. The molecule has 0 spiro atoms. The van der Waals surface area contributed by atoms with Gasteiger partial charge in [0.25, 0.3) is 5.91 Å². The van der Waals surface area contributed by atoms with Crippen LogP contribution < -0.4 is 16.4 Å². The average molecular weight is 265 g/mol. The highest BCUT2D eigenvalue weighted by atomic mass is 16.5. The summed E-state index contributed by atoms with van der Waals surface area (Å²) in [6.45, 7) is 0.476. The number of nitrogens with one attached hydrogen (secondary N) is 2. The Morgan fingerprint density at radius 2 is 1.79 bits per heavy atom. The van der Waals surface area contributed by atoms with Gasteiger partial charge in [0.1, 0.15) is 0 Å². The van der Waals surface area contributed by atoms with Crippen molar-refractivity contribution in [3.8, 4) is 0 Å². The first kappa shape index (κ1) is 14.7. The highest BCUT2D eigenvalue weighted by Crippen LogP contribution is 2.04. The summed E-state index contributed by atoms with van der Waals surface area (Å²) in [6.07, 6.45) is 0. The van der Waals surface area contributed by atoms with E-state index in [1.165, 1.54) is 31.4 Å². The van der Waals surface area contributed by atoms with Crippen molar-refractivity contribution in [2.45, 2.75) is 0 Å². The third-order valence-electron chi connectivity index (χ3n) is 2.20. The molecule has 0 fully saturated rings. The van der Waals surface area contributed by atoms with Gasteiger partial charge in [-0.1, -0.05) is 0 Å². The highest BCUT2D eigenvalue weighted by molar-refractivity contribution is 6.38. The van der Waals surface area contributed by atoms with Crippen molar-refractivity contribution >= 4 is 23.4 Å². The van der Waals surface area contributed by atoms with Crippen molar-refractivity contribution in [3.05, 3.63) is 29.8 Å². The van der Waals surface area contributed by atoms with Gasteiger partial charge in [-0.05, 0) is 24.3 Å². The van der Waals surface area contributed by atoms with Crippen molar-refractivity contribution in [1.82, 2.24) is 10.6 Å². The summed E-state index contributed by atoms with van der Waals surface area (Å²) in [7, 11) is 1.47. The van der Waals surface area contributed by atoms with Gasteiger partial charge in [-0.3, -0.25) is 19.7 Å². The van der Waals surface area contributed by atoms with Crippen molar-refractivity contribution < 1.29 is 19.1 Å². The molecule has 4 N–H and O–H groups in total. The number of carbonyl (C=O) groups excluding carboxylic acids is 3. The zero-order chi connectivity index (χ0) is 14.3.